The zero-order valence-corrected chi connectivity index (χ0v) is 11.4. The van der Waals surface area contributed by atoms with Crippen molar-refractivity contribution in [2.24, 2.45) is 17.1 Å². The zero-order chi connectivity index (χ0) is 13.9. The van der Waals surface area contributed by atoms with E-state index in [2.05, 4.69) is 5.32 Å². The maximum atomic E-state index is 12.1. The molecule has 5 nitrogen and oxygen atoms in total. The molecular weight excluding hydrogens is 232 g/mol. The van der Waals surface area contributed by atoms with Gasteiger partial charge < -0.3 is 16.2 Å². The second-order valence-corrected chi connectivity index (χ2v) is 6.30. The molecule has 0 aromatic rings. The summed E-state index contributed by atoms with van der Waals surface area (Å²) in [6.07, 6.45) is 2.33. The first-order valence-electron chi connectivity index (χ1n) is 6.48. The SMILES string of the molecule is CC(C)(C)C(CC(=O)O)NC(=O)C1CCC(N)C1. The molecule has 104 valence electrons. The highest BCUT2D eigenvalue weighted by Gasteiger charge is 2.33. The van der Waals surface area contributed by atoms with E-state index in [4.69, 9.17) is 10.8 Å². The van der Waals surface area contributed by atoms with Gasteiger partial charge in [0.25, 0.3) is 0 Å². The van der Waals surface area contributed by atoms with E-state index >= 15 is 0 Å². The Morgan fingerprint density at radius 3 is 2.39 bits per heavy atom. The lowest BCUT2D eigenvalue weighted by atomic mass is 9.84. The molecule has 4 N–H and O–H groups in total. The van der Waals surface area contributed by atoms with Crippen molar-refractivity contribution in [1.29, 1.82) is 0 Å². The van der Waals surface area contributed by atoms with Crippen LogP contribution < -0.4 is 11.1 Å². The summed E-state index contributed by atoms with van der Waals surface area (Å²) in [5, 5.41) is 11.8. The van der Waals surface area contributed by atoms with Crippen LogP contribution in [0.1, 0.15) is 46.5 Å². The van der Waals surface area contributed by atoms with Crippen LogP contribution in [0.4, 0.5) is 0 Å². The average Bonchev–Trinajstić information content (AvgIpc) is 2.61. The maximum Gasteiger partial charge on any atom is 0.305 e. The highest BCUT2D eigenvalue weighted by molar-refractivity contribution is 5.80. The molecule has 0 aromatic heterocycles. The Bertz CT molecular complexity index is 323. The first kappa shape index (κ1) is 15.0. The topological polar surface area (TPSA) is 92.4 Å². The summed E-state index contributed by atoms with van der Waals surface area (Å²) in [5.74, 6) is -0.999. The minimum Gasteiger partial charge on any atom is -0.481 e. The molecule has 1 aliphatic rings. The van der Waals surface area contributed by atoms with E-state index < -0.39 is 5.97 Å². The fourth-order valence-electron chi connectivity index (χ4n) is 2.29. The van der Waals surface area contributed by atoms with Gasteiger partial charge in [0.15, 0.2) is 0 Å². The van der Waals surface area contributed by atoms with E-state index in [-0.39, 0.29) is 35.7 Å². The Kier molecular flexibility index (Phi) is 4.73. The van der Waals surface area contributed by atoms with Crippen LogP contribution in [0, 0.1) is 11.3 Å². The fraction of sp³-hybridized carbons (Fsp3) is 0.846. The van der Waals surface area contributed by atoms with E-state index in [1.807, 2.05) is 20.8 Å². The molecule has 3 atom stereocenters. The highest BCUT2D eigenvalue weighted by atomic mass is 16.4. The Balaban J connectivity index is 2.60. The molecule has 1 amide bonds. The molecule has 1 aliphatic carbocycles. The van der Waals surface area contributed by atoms with Crippen molar-refractivity contribution in [2.45, 2.75) is 58.5 Å². The standard InChI is InChI=1S/C13H24N2O3/c1-13(2,3)10(7-11(16)17)15-12(18)8-4-5-9(14)6-8/h8-10H,4-7,14H2,1-3H3,(H,15,18)(H,16,17). The molecule has 0 heterocycles. The first-order chi connectivity index (χ1) is 8.20. The number of carboxylic acid groups (broad SMARTS) is 1. The number of nitrogens with two attached hydrogens (primary N) is 1. The molecule has 1 rings (SSSR count). The van der Waals surface area contributed by atoms with Gasteiger partial charge in [-0.1, -0.05) is 20.8 Å². The molecule has 0 aliphatic heterocycles. The highest BCUT2D eigenvalue weighted by Crippen LogP contribution is 2.27. The van der Waals surface area contributed by atoms with Crippen LogP contribution >= 0.6 is 0 Å². The predicted molar refractivity (Wildman–Crippen MR) is 69.0 cm³/mol. The van der Waals surface area contributed by atoms with E-state index in [1.165, 1.54) is 0 Å². The van der Waals surface area contributed by atoms with Gasteiger partial charge in [-0.2, -0.15) is 0 Å². The van der Waals surface area contributed by atoms with Gasteiger partial charge in [0.05, 0.1) is 6.42 Å². The summed E-state index contributed by atoms with van der Waals surface area (Å²) in [7, 11) is 0. The number of rotatable bonds is 4. The number of carbonyl (C=O) groups excluding carboxylic acids is 1. The number of hydrogen-bond acceptors (Lipinski definition) is 3. The third kappa shape index (κ3) is 4.29. The lowest BCUT2D eigenvalue weighted by molar-refractivity contribution is -0.138. The van der Waals surface area contributed by atoms with Crippen molar-refractivity contribution in [2.75, 3.05) is 0 Å². The van der Waals surface area contributed by atoms with Crippen LogP contribution in [-0.2, 0) is 9.59 Å². The van der Waals surface area contributed by atoms with Gasteiger partial charge in [0.1, 0.15) is 0 Å². The van der Waals surface area contributed by atoms with Crippen LogP contribution in [0.2, 0.25) is 0 Å². The van der Waals surface area contributed by atoms with Crippen LogP contribution in [0.5, 0.6) is 0 Å². The monoisotopic (exact) mass is 256 g/mol. The molecule has 3 unspecified atom stereocenters. The second-order valence-electron chi connectivity index (χ2n) is 6.30. The number of carbonyl (C=O) groups is 2. The molecule has 0 spiro atoms. The van der Waals surface area contributed by atoms with E-state index in [0.29, 0.717) is 6.42 Å². The van der Waals surface area contributed by atoms with Crippen LogP contribution in [0.15, 0.2) is 0 Å². The molecule has 0 radical (unpaired) electrons. The maximum absolute atomic E-state index is 12.1. The second kappa shape index (κ2) is 5.69. The van der Waals surface area contributed by atoms with E-state index in [1.54, 1.807) is 0 Å². The summed E-state index contributed by atoms with van der Waals surface area (Å²) in [6, 6.07) is -0.243. The molecular formula is C13H24N2O3. The summed E-state index contributed by atoms with van der Waals surface area (Å²) < 4.78 is 0. The lowest BCUT2D eigenvalue weighted by Gasteiger charge is -2.31. The molecule has 0 saturated heterocycles. The first-order valence-corrected chi connectivity index (χ1v) is 6.48. The van der Waals surface area contributed by atoms with Crippen molar-refractivity contribution in [1.82, 2.24) is 5.32 Å². The molecule has 0 aromatic carbocycles. The van der Waals surface area contributed by atoms with Gasteiger partial charge in [-0.15, -0.1) is 0 Å². The number of aliphatic carboxylic acids is 1. The predicted octanol–water partition coefficient (Wildman–Crippen LogP) is 1.12. The van der Waals surface area contributed by atoms with Gasteiger partial charge in [-0.25, -0.2) is 0 Å². The molecule has 0 bridgehead atoms. The van der Waals surface area contributed by atoms with Crippen molar-refractivity contribution < 1.29 is 14.7 Å². The molecule has 5 heteroatoms. The number of amides is 1. The number of nitrogens with one attached hydrogen (secondary N) is 1. The minimum atomic E-state index is -0.890. The molecule has 18 heavy (non-hydrogen) atoms. The lowest BCUT2D eigenvalue weighted by Crippen LogP contribution is -2.47. The Morgan fingerprint density at radius 2 is 2.00 bits per heavy atom. The zero-order valence-electron chi connectivity index (χ0n) is 11.4. The average molecular weight is 256 g/mol. The largest absolute Gasteiger partial charge is 0.481 e. The summed E-state index contributed by atoms with van der Waals surface area (Å²) in [6.45, 7) is 5.80. The van der Waals surface area contributed by atoms with Crippen LogP contribution in [0.3, 0.4) is 0 Å². The number of carboxylic acids is 1. The third-order valence-corrected chi connectivity index (χ3v) is 3.58. The summed E-state index contributed by atoms with van der Waals surface area (Å²) >= 11 is 0. The quantitative estimate of drug-likeness (QED) is 0.702. The molecule has 1 saturated carbocycles. The van der Waals surface area contributed by atoms with Gasteiger partial charge in [0.2, 0.25) is 5.91 Å². The minimum absolute atomic E-state index is 0.0476. The Labute approximate surface area is 108 Å². The fourth-order valence-corrected chi connectivity index (χ4v) is 2.29. The van der Waals surface area contributed by atoms with E-state index in [9.17, 15) is 9.59 Å². The van der Waals surface area contributed by atoms with Gasteiger partial charge in [-0.05, 0) is 24.7 Å². The van der Waals surface area contributed by atoms with Crippen molar-refractivity contribution >= 4 is 11.9 Å². The smallest absolute Gasteiger partial charge is 0.305 e. The summed E-state index contributed by atoms with van der Waals surface area (Å²) in [5.41, 5.74) is 5.52. The Hall–Kier alpha value is -1.10. The normalized spacial score (nSPS) is 25.8. The van der Waals surface area contributed by atoms with E-state index in [0.717, 1.165) is 12.8 Å². The van der Waals surface area contributed by atoms with Crippen molar-refractivity contribution in [3.05, 3.63) is 0 Å². The van der Waals surface area contributed by atoms with Gasteiger partial charge >= 0.3 is 5.97 Å². The summed E-state index contributed by atoms with van der Waals surface area (Å²) in [4.78, 5) is 22.9. The third-order valence-electron chi connectivity index (χ3n) is 3.58. The van der Waals surface area contributed by atoms with Gasteiger partial charge in [-0.3, -0.25) is 9.59 Å². The van der Waals surface area contributed by atoms with Gasteiger partial charge in [0, 0.05) is 18.0 Å². The molecule has 1 fully saturated rings. The number of hydrogen-bond donors (Lipinski definition) is 3. The van der Waals surface area contributed by atoms with Crippen molar-refractivity contribution in [3.63, 3.8) is 0 Å². The van der Waals surface area contributed by atoms with Crippen molar-refractivity contribution in [3.8, 4) is 0 Å². The van der Waals surface area contributed by atoms with Crippen LogP contribution in [0.25, 0.3) is 0 Å². The van der Waals surface area contributed by atoms with Crippen LogP contribution in [-0.4, -0.2) is 29.1 Å². The Morgan fingerprint density at radius 1 is 1.39 bits per heavy atom.